The maximum absolute atomic E-state index is 12.2. The summed E-state index contributed by atoms with van der Waals surface area (Å²) in [6.45, 7) is 1.92. The molecule has 1 amide bonds. The average molecular weight is 387 g/mol. The van der Waals surface area contributed by atoms with Crippen molar-refractivity contribution in [3.05, 3.63) is 49.9 Å². The summed E-state index contributed by atoms with van der Waals surface area (Å²) in [6, 6.07) is 6.92. The van der Waals surface area contributed by atoms with Crippen LogP contribution in [0.5, 0.6) is 0 Å². The quantitative estimate of drug-likeness (QED) is 0.791. The van der Waals surface area contributed by atoms with E-state index in [0.717, 1.165) is 9.13 Å². The molecule has 2 rings (SSSR count). The summed E-state index contributed by atoms with van der Waals surface area (Å²) in [7, 11) is 0. The Morgan fingerprint density at radius 3 is 2.68 bits per heavy atom. The molecule has 0 radical (unpaired) electrons. The standard InChI is InChI=1S/C13H10INO3S/c1-7-3-2-4-8(10(7)14)11(16)15-12-9(13(17)18)5-6-19-12/h2-6H,1H3,(H,15,16)(H,17,18). The first kappa shape index (κ1) is 14.0. The van der Waals surface area contributed by atoms with Crippen molar-refractivity contribution >= 4 is 50.8 Å². The average Bonchev–Trinajstić information content (AvgIpc) is 2.80. The molecule has 2 aromatic rings. The molecule has 0 saturated heterocycles. The zero-order chi connectivity index (χ0) is 14.0. The highest BCUT2D eigenvalue weighted by atomic mass is 127. The highest BCUT2D eigenvalue weighted by Crippen LogP contribution is 2.25. The third kappa shape index (κ3) is 2.95. The topological polar surface area (TPSA) is 66.4 Å². The second-order valence-electron chi connectivity index (χ2n) is 3.86. The van der Waals surface area contributed by atoms with E-state index in [1.807, 2.05) is 13.0 Å². The smallest absolute Gasteiger partial charge is 0.338 e. The number of aryl methyl sites for hydroxylation is 1. The van der Waals surface area contributed by atoms with Gasteiger partial charge in [-0.15, -0.1) is 11.3 Å². The Kier molecular flexibility index (Phi) is 4.20. The summed E-state index contributed by atoms with van der Waals surface area (Å²) in [5, 5.41) is 13.6. The molecule has 19 heavy (non-hydrogen) atoms. The van der Waals surface area contributed by atoms with Gasteiger partial charge < -0.3 is 10.4 Å². The number of carboxylic acid groups (broad SMARTS) is 1. The van der Waals surface area contributed by atoms with Crippen LogP contribution in [0.25, 0.3) is 0 Å². The first-order chi connectivity index (χ1) is 9.00. The number of anilines is 1. The van der Waals surface area contributed by atoms with Crippen molar-refractivity contribution < 1.29 is 14.7 Å². The number of amides is 1. The number of benzene rings is 1. The summed E-state index contributed by atoms with van der Waals surface area (Å²) in [5.41, 5.74) is 1.67. The van der Waals surface area contributed by atoms with Crippen LogP contribution in [-0.4, -0.2) is 17.0 Å². The molecule has 0 saturated carbocycles. The molecule has 0 unspecified atom stereocenters. The molecule has 4 nitrogen and oxygen atoms in total. The number of carbonyl (C=O) groups excluding carboxylic acids is 1. The number of aromatic carboxylic acids is 1. The van der Waals surface area contributed by atoms with E-state index in [9.17, 15) is 9.59 Å². The van der Waals surface area contributed by atoms with Gasteiger partial charge >= 0.3 is 5.97 Å². The largest absolute Gasteiger partial charge is 0.478 e. The van der Waals surface area contributed by atoms with E-state index in [-0.39, 0.29) is 11.5 Å². The van der Waals surface area contributed by atoms with E-state index in [0.29, 0.717) is 10.6 Å². The van der Waals surface area contributed by atoms with Crippen LogP contribution in [0.4, 0.5) is 5.00 Å². The molecule has 6 heteroatoms. The van der Waals surface area contributed by atoms with Crippen molar-refractivity contribution in [3.63, 3.8) is 0 Å². The summed E-state index contributed by atoms with van der Waals surface area (Å²) in [6.07, 6.45) is 0. The molecular formula is C13H10INO3S. The lowest BCUT2D eigenvalue weighted by atomic mass is 10.1. The van der Waals surface area contributed by atoms with E-state index in [4.69, 9.17) is 5.11 Å². The highest BCUT2D eigenvalue weighted by Gasteiger charge is 2.16. The van der Waals surface area contributed by atoms with Gasteiger partial charge in [-0.2, -0.15) is 0 Å². The predicted octanol–water partition coefficient (Wildman–Crippen LogP) is 3.61. The molecule has 0 spiro atoms. The Morgan fingerprint density at radius 2 is 2.00 bits per heavy atom. The molecule has 1 heterocycles. The fourth-order valence-corrected chi connectivity index (χ4v) is 2.95. The van der Waals surface area contributed by atoms with E-state index < -0.39 is 5.97 Å². The first-order valence-electron chi connectivity index (χ1n) is 5.38. The van der Waals surface area contributed by atoms with Gasteiger partial charge in [0.25, 0.3) is 5.91 Å². The maximum Gasteiger partial charge on any atom is 0.338 e. The normalized spacial score (nSPS) is 10.2. The highest BCUT2D eigenvalue weighted by molar-refractivity contribution is 14.1. The van der Waals surface area contributed by atoms with Gasteiger partial charge in [0.05, 0.1) is 11.1 Å². The Balaban J connectivity index is 2.29. The number of hydrogen-bond donors (Lipinski definition) is 2. The molecule has 0 aliphatic carbocycles. The maximum atomic E-state index is 12.2. The van der Waals surface area contributed by atoms with E-state index in [2.05, 4.69) is 27.9 Å². The van der Waals surface area contributed by atoms with Crippen LogP contribution in [0.1, 0.15) is 26.3 Å². The molecule has 0 atom stereocenters. The summed E-state index contributed by atoms with van der Waals surface area (Å²) in [4.78, 5) is 23.1. The zero-order valence-corrected chi connectivity index (χ0v) is 12.9. The van der Waals surface area contributed by atoms with Crippen molar-refractivity contribution in [2.24, 2.45) is 0 Å². The van der Waals surface area contributed by atoms with Crippen molar-refractivity contribution in [1.29, 1.82) is 0 Å². The minimum Gasteiger partial charge on any atom is -0.478 e. The van der Waals surface area contributed by atoms with Gasteiger partial charge in [0.15, 0.2) is 0 Å². The number of rotatable bonds is 3. The number of carboxylic acids is 1. The second kappa shape index (κ2) is 5.70. The zero-order valence-electron chi connectivity index (χ0n) is 9.94. The lowest BCUT2D eigenvalue weighted by Gasteiger charge is -2.07. The molecule has 0 aliphatic heterocycles. The van der Waals surface area contributed by atoms with Crippen LogP contribution >= 0.6 is 33.9 Å². The third-order valence-electron chi connectivity index (χ3n) is 2.56. The number of nitrogens with one attached hydrogen (secondary N) is 1. The third-order valence-corrected chi connectivity index (χ3v) is 4.82. The van der Waals surface area contributed by atoms with Crippen molar-refractivity contribution in [1.82, 2.24) is 0 Å². The van der Waals surface area contributed by atoms with Gasteiger partial charge in [-0.1, -0.05) is 12.1 Å². The van der Waals surface area contributed by atoms with Crippen LogP contribution in [0, 0.1) is 10.5 Å². The molecule has 98 valence electrons. The minimum absolute atomic E-state index is 0.112. The Labute approximate surface area is 127 Å². The van der Waals surface area contributed by atoms with Crippen LogP contribution in [-0.2, 0) is 0 Å². The van der Waals surface area contributed by atoms with Crippen molar-refractivity contribution in [2.75, 3.05) is 5.32 Å². The van der Waals surface area contributed by atoms with Crippen molar-refractivity contribution in [2.45, 2.75) is 6.92 Å². The molecule has 1 aromatic heterocycles. The number of carbonyl (C=O) groups is 2. The number of thiophene rings is 1. The lowest BCUT2D eigenvalue weighted by Crippen LogP contribution is -2.15. The number of halogens is 1. The van der Waals surface area contributed by atoms with Crippen LogP contribution < -0.4 is 5.32 Å². The summed E-state index contributed by atoms with van der Waals surface area (Å²) < 4.78 is 0.867. The molecule has 0 aliphatic rings. The molecule has 2 N–H and O–H groups in total. The molecule has 0 fully saturated rings. The van der Waals surface area contributed by atoms with Crippen LogP contribution in [0.2, 0.25) is 0 Å². The van der Waals surface area contributed by atoms with Gasteiger partial charge in [-0.25, -0.2) is 4.79 Å². The van der Waals surface area contributed by atoms with Crippen molar-refractivity contribution in [3.8, 4) is 0 Å². The van der Waals surface area contributed by atoms with E-state index >= 15 is 0 Å². The molecular weight excluding hydrogens is 377 g/mol. The Morgan fingerprint density at radius 1 is 1.26 bits per heavy atom. The fraction of sp³-hybridized carbons (Fsp3) is 0.0769. The van der Waals surface area contributed by atoms with Gasteiger partial charge in [0.1, 0.15) is 5.00 Å². The summed E-state index contributed by atoms with van der Waals surface area (Å²) >= 11 is 3.31. The first-order valence-corrected chi connectivity index (χ1v) is 7.34. The SMILES string of the molecule is Cc1cccc(C(=O)Nc2sccc2C(=O)O)c1I. The second-order valence-corrected chi connectivity index (χ2v) is 5.85. The van der Waals surface area contributed by atoms with Gasteiger partial charge in [0, 0.05) is 3.57 Å². The Bertz CT molecular complexity index is 651. The van der Waals surface area contributed by atoms with Gasteiger partial charge in [-0.05, 0) is 52.6 Å². The number of hydrogen-bond acceptors (Lipinski definition) is 3. The fourth-order valence-electron chi connectivity index (χ4n) is 1.57. The lowest BCUT2D eigenvalue weighted by molar-refractivity contribution is 0.0698. The van der Waals surface area contributed by atoms with E-state index in [1.54, 1.807) is 17.5 Å². The molecule has 0 bridgehead atoms. The van der Waals surface area contributed by atoms with E-state index in [1.165, 1.54) is 17.4 Å². The van der Waals surface area contributed by atoms with Gasteiger partial charge in [-0.3, -0.25) is 4.79 Å². The van der Waals surface area contributed by atoms with Crippen LogP contribution in [0.15, 0.2) is 29.6 Å². The summed E-state index contributed by atoms with van der Waals surface area (Å²) in [5.74, 6) is -1.34. The van der Waals surface area contributed by atoms with Gasteiger partial charge in [0.2, 0.25) is 0 Å². The molecule has 1 aromatic carbocycles. The Hall–Kier alpha value is -1.41. The monoisotopic (exact) mass is 387 g/mol. The predicted molar refractivity (Wildman–Crippen MR) is 83.1 cm³/mol. The van der Waals surface area contributed by atoms with Crippen LogP contribution in [0.3, 0.4) is 0 Å². The minimum atomic E-state index is -1.05.